The molecule has 0 amide bonds. The van der Waals surface area contributed by atoms with E-state index in [0.29, 0.717) is 0 Å². The lowest BCUT2D eigenvalue weighted by atomic mass is 9.78. The van der Waals surface area contributed by atoms with Crippen molar-refractivity contribution in [3.05, 3.63) is 97.1 Å². The predicted octanol–water partition coefficient (Wildman–Crippen LogP) is 6.75. The lowest BCUT2D eigenvalue weighted by molar-refractivity contribution is 0.00578. The lowest BCUT2D eigenvalue weighted by Gasteiger charge is -2.32. The van der Waals surface area contributed by atoms with Gasteiger partial charge in [0, 0.05) is 16.5 Å². The Hall–Kier alpha value is -3.34. The highest BCUT2D eigenvalue weighted by molar-refractivity contribution is 6.62. The van der Waals surface area contributed by atoms with Crippen LogP contribution >= 0.6 is 0 Å². The number of para-hydroxylation sites is 2. The lowest BCUT2D eigenvalue weighted by Crippen LogP contribution is -2.41. The van der Waals surface area contributed by atoms with E-state index in [0.717, 1.165) is 16.7 Å². The van der Waals surface area contributed by atoms with Crippen LogP contribution in [0, 0.1) is 0 Å². The summed E-state index contributed by atoms with van der Waals surface area (Å²) < 4.78 is 15.0. The highest BCUT2D eigenvalue weighted by atomic mass is 16.7. The van der Waals surface area contributed by atoms with Crippen LogP contribution in [0.2, 0.25) is 0 Å². The monoisotopic (exact) mass is 445 g/mol. The smallest absolute Gasteiger partial charge is 0.399 e. The molecule has 0 spiro atoms. The normalized spacial score (nSPS) is 17.0. The first-order valence-corrected chi connectivity index (χ1v) is 11.9. The summed E-state index contributed by atoms with van der Waals surface area (Å²) in [5.74, 6) is 0. The molecule has 3 nitrogen and oxygen atoms in total. The van der Waals surface area contributed by atoms with Crippen molar-refractivity contribution in [3.8, 4) is 16.8 Å². The highest BCUT2D eigenvalue weighted by Gasteiger charge is 2.51. The summed E-state index contributed by atoms with van der Waals surface area (Å²) in [6.07, 6.45) is 0. The second-order valence-corrected chi connectivity index (χ2v) is 10.1. The molecule has 0 atom stereocenters. The van der Waals surface area contributed by atoms with Crippen molar-refractivity contribution >= 4 is 34.4 Å². The minimum atomic E-state index is -0.380. The molecule has 4 aromatic carbocycles. The topological polar surface area (TPSA) is 23.4 Å². The molecular formula is C30H28BNO2. The summed E-state index contributed by atoms with van der Waals surface area (Å²) in [7, 11) is -0.380. The summed E-state index contributed by atoms with van der Waals surface area (Å²) in [6.45, 7) is 8.37. The van der Waals surface area contributed by atoms with Crippen molar-refractivity contribution in [2.75, 3.05) is 0 Å². The molecule has 1 aliphatic heterocycles. The van der Waals surface area contributed by atoms with Gasteiger partial charge in [-0.25, -0.2) is 0 Å². The molecule has 0 radical (unpaired) electrons. The van der Waals surface area contributed by atoms with Gasteiger partial charge in [0.25, 0.3) is 0 Å². The van der Waals surface area contributed by atoms with E-state index in [4.69, 9.17) is 9.31 Å². The molecule has 1 saturated heterocycles. The van der Waals surface area contributed by atoms with E-state index in [2.05, 4.69) is 129 Å². The van der Waals surface area contributed by atoms with Crippen LogP contribution in [0.4, 0.5) is 0 Å². The Bertz CT molecular complexity index is 1500. The number of hydrogen-bond acceptors (Lipinski definition) is 2. The molecular weight excluding hydrogens is 417 g/mol. The van der Waals surface area contributed by atoms with Gasteiger partial charge in [0.1, 0.15) is 0 Å². The van der Waals surface area contributed by atoms with Crippen molar-refractivity contribution in [1.82, 2.24) is 4.57 Å². The van der Waals surface area contributed by atoms with Crippen molar-refractivity contribution < 1.29 is 9.31 Å². The van der Waals surface area contributed by atoms with Crippen molar-refractivity contribution in [2.45, 2.75) is 38.9 Å². The molecule has 168 valence electrons. The molecule has 34 heavy (non-hydrogen) atoms. The van der Waals surface area contributed by atoms with Crippen molar-refractivity contribution in [2.24, 2.45) is 0 Å². The molecule has 5 aromatic rings. The van der Waals surface area contributed by atoms with Gasteiger partial charge in [-0.05, 0) is 68.6 Å². The van der Waals surface area contributed by atoms with Crippen LogP contribution in [0.15, 0.2) is 97.1 Å². The number of aromatic nitrogens is 1. The summed E-state index contributed by atoms with van der Waals surface area (Å²) >= 11 is 0. The Labute approximate surface area is 201 Å². The van der Waals surface area contributed by atoms with Crippen LogP contribution in [-0.2, 0) is 9.31 Å². The average Bonchev–Trinajstić information content (AvgIpc) is 3.29. The maximum Gasteiger partial charge on any atom is 0.494 e. The third kappa shape index (κ3) is 3.21. The Morgan fingerprint density at radius 1 is 0.647 bits per heavy atom. The summed E-state index contributed by atoms with van der Waals surface area (Å²) in [5, 5.41) is 2.51. The van der Waals surface area contributed by atoms with Gasteiger partial charge in [-0.15, -0.1) is 0 Å². The zero-order chi connectivity index (χ0) is 23.5. The van der Waals surface area contributed by atoms with E-state index < -0.39 is 0 Å². The minimum Gasteiger partial charge on any atom is -0.399 e. The van der Waals surface area contributed by atoms with Gasteiger partial charge in [0.15, 0.2) is 0 Å². The van der Waals surface area contributed by atoms with Crippen LogP contribution in [0.1, 0.15) is 27.7 Å². The van der Waals surface area contributed by atoms with Crippen LogP contribution in [0.25, 0.3) is 38.6 Å². The number of nitrogens with zero attached hydrogens (tertiary/aromatic N) is 1. The molecule has 0 saturated carbocycles. The van der Waals surface area contributed by atoms with Gasteiger partial charge in [0.2, 0.25) is 0 Å². The third-order valence-electron chi connectivity index (χ3n) is 7.44. The second kappa shape index (κ2) is 7.59. The van der Waals surface area contributed by atoms with E-state index in [1.807, 2.05) is 0 Å². The standard InChI is InChI=1S/C30H28BNO2/c1-29(2)30(3,4)34-31(33-29)22-13-10-12-21(20-22)24-17-11-19-27-28(24)25-16-8-9-18-26(25)32(27)23-14-6-5-7-15-23/h5-20H,1-4H3. The first kappa shape index (κ1) is 21.2. The SMILES string of the molecule is CC1(C)OB(c2cccc(-c3cccc4c3c3ccccc3n4-c3ccccc3)c2)OC1(C)C. The molecule has 0 N–H and O–H groups in total. The number of rotatable bonds is 3. The van der Waals surface area contributed by atoms with E-state index >= 15 is 0 Å². The van der Waals surface area contributed by atoms with Gasteiger partial charge in [-0.2, -0.15) is 0 Å². The largest absolute Gasteiger partial charge is 0.494 e. The minimum absolute atomic E-state index is 0.364. The Balaban J connectivity index is 1.55. The van der Waals surface area contributed by atoms with Gasteiger partial charge in [-0.3, -0.25) is 0 Å². The maximum atomic E-state index is 6.33. The number of hydrogen-bond donors (Lipinski definition) is 0. The van der Waals surface area contributed by atoms with Crippen molar-refractivity contribution in [3.63, 3.8) is 0 Å². The van der Waals surface area contributed by atoms with Crippen LogP contribution in [0.5, 0.6) is 0 Å². The zero-order valence-corrected chi connectivity index (χ0v) is 20.1. The molecule has 0 bridgehead atoms. The second-order valence-electron chi connectivity index (χ2n) is 10.1. The fourth-order valence-corrected chi connectivity index (χ4v) is 4.95. The summed E-state index contributed by atoms with van der Waals surface area (Å²) in [5.41, 5.74) is 6.25. The Morgan fingerprint density at radius 2 is 1.29 bits per heavy atom. The average molecular weight is 445 g/mol. The van der Waals surface area contributed by atoms with E-state index in [-0.39, 0.29) is 18.3 Å². The van der Waals surface area contributed by atoms with E-state index in [9.17, 15) is 0 Å². The molecule has 1 fully saturated rings. The highest BCUT2D eigenvalue weighted by Crippen LogP contribution is 2.39. The first-order chi connectivity index (χ1) is 16.4. The van der Waals surface area contributed by atoms with E-state index in [1.165, 1.54) is 27.4 Å². The molecule has 1 aliphatic rings. The van der Waals surface area contributed by atoms with Crippen LogP contribution in [-0.4, -0.2) is 22.9 Å². The van der Waals surface area contributed by atoms with Gasteiger partial charge >= 0.3 is 7.12 Å². The number of benzene rings is 4. The van der Waals surface area contributed by atoms with Gasteiger partial charge in [0.05, 0.1) is 22.2 Å². The van der Waals surface area contributed by atoms with Crippen LogP contribution < -0.4 is 5.46 Å². The van der Waals surface area contributed by atoms with E-state index in [1.54, 1.807) is 0 Å². The fourth-order valence-electron chi connectivity index (χ4n) is 4.95. The first-order valence-electron chi connectivity index (χ1n) is 11.9. The predicted molar refractivity (Wildman–Crippen MR) is 142 cm³/mol. The molecule has 4 heteroatoms. The summed E-state index contributed by atoms with van der Waals surface area (Å²) in [4.78, 5) is 0. The Kier molecular flexibility index (Phi) is 4.74. The van der Waals surface area contributed by atoms with Gasteiger partial charge < -0.3 is 13.9 Å². The molecule has 0 aliphatic carbocycles. The van der Waals surface area contributed by atoms with Crippen molar-refractivity contribution in [1.29, 1.82) is 0 Å². The van der Waals surface area contributed by atoms with Crippen LogP contribution in [0.3, 0.4) is 0 Å². The maximum absolute atomic E-state index is 6.33. The zero-order valence-electron chi connectivity index (χ0n) is 20.1. The fraction of sp³-hybridized carbons (Fsp3) is 0.200. The molecule has 1 aromatic heterocycles. The molecule has 2 heterocycles. The van der Waals surface area contributed by atoms with Gasteiger partial charge in [-0.1, -0.05) is 72.8 Å². The Morgan fingerprint density at radius 3 is 2.06 bits per heavy atom. The summed E-state index contributed by atoms with van der Waals surface area (Å²) in [6, 6.07) is 34.4. The molecule has 6 rings (SSSR count). The molecule has 0 unspecified atom stereocenters. The quantitative estimate of drug-likeness (QED) is 0.287. The third-order valence-corrected chi connectivity index (χ3v) is 7.44. The number of fused-ring (bicyclic) bond motifs is 3.